The SMILES string of the molecule is Nc1ccc(N)c(-c2cncs2)c1-c1ncccn1. The molecule has 0 aliphatic carbocycles. The van der Waals surface area contributed by atoms with E-state index in [-0.39, 0.29) is 0 Å². The van der Waals surface area contributed by atoms with Gasteiger partial charge in [-0.15, -0.1) is 11.3 Å². The number of anilines is 2. The van der Waals surface area contributed by atoms with Crippen LogP contribution in [0, 0.1) is 0 Å². The molecule has 2 heterocycles. The number of hydrogen-bond acceptors (Lipinski definition) is 6. The summed E-state index contributed by atoms with van der Waals surface area (Å²) >= 11 is 1.51. The minimum Gasteiger partial charge on any atom is -0.398 e. The predicted octanol–water partition coefficient (Wildman–Crippen LogP) is 2.43. The lowest BCUT2D eigenvalue weighted by Gasteiger charge is -2.12. The highest BCUT2D eigenvalue weighted by atomic mass is 32.1. The van der Waals surface area contributed by atoms with Gasteiger partial charge in [-0.2, -0.15) is 0 Å². The molecule has 0 spiro atoms. The lowest BCUT2D eigenvalue weighted by Crippen LogP contribution is -2.00. The fourth-order valence-electron chi connectivity index (χ4n) is 1.91. The minimum atomic E-state index is 0.565. The number of nitrogen functional groups attached to an aromatic ring is 2. The quantitative estimate of drug-likeness (QED) is 0.697. The van der Waals surface area contributed by atoms with Gasteiger partial charge in [0.05, 0.1) is 16.0 Å². The largest absolute Gasteiger partial charge is 0.398 e. The van der Waals surface area contributed by atoms with E-state index in [0.717, 1.165) is 16.0 Å². The van der Waals surface area contributed by atoms with Gasteiger partial charge >= 0.3 is 0 Å². The Morgan fingerprint density at radius 1 is 0.947 bits per heavy atom. The van der Waals surface area contributed by atoms with Gasteiger partial charge in [0.15, 0.2) is 5.82 Å². The number of thiazole rings is 1. The molecule has 4 N–H and O–H groups in total. The topological polar surface area (TPSA) is 90.7 Å². The summed E-state index contributed by atoms with van der Waals surface area (Å²) in [6.45, 7) is 0. The highest BCUT2D eigenvalue weighted by Gasteiger charge is 2.17. The second kappa shape index (κ2) is 4.66. The van der Waals surface area contributed by atoms with Crippen LogP contribution < -0.4 is 11.5 Å². The summed E-state index contributed by atoms with van der Waals surface area (Å²) in [6, 6.07) is 5.32. The Kier molecular flexibility index (Phi) is 2.85. The first-order valence-electron chi connectivity index (χ1n) is 5.61. The third kappa shape index (κ3) is 2.02. The van der Waals surface area contributed by atoms with Gasteiger partial charge in [0.2, 0.25) is 0 Å². The molecular weight excluding hydrogens is 258 g/mol. The third-order valence-electron chi connectivity index (χ3n) is 2.74. The molecule has 1 aromatic carbocycles. The van der Waals surface area contributed by atoms with Crippen LogP contribution in [0.2, 0.25) is 0 Å². The zero-order chi connectivity index (χ0) is 13.2. The molecule has 0 radical (unpaired) electrons. The van der Waals surface area contributed by atoms with Crippen molar-refractivity contribution < 1.29 is 0 Å². The van der Waals surface area contributed by atoms with E-state index < -0.39 is 0 Å². The van der Waals surface area contributed by atoms with Crippen molar-refractivity contribution in [2.75, 3.05) is 11.5 Å². The van der Waals surface area contributed by atoms with Gasteiger partial charge in [0, 0.05) is 35.5 Å². The van der Waals surface area contributed by atoms with Crippen LogP contribution in [0.3, 0.4) is 0 Å². The van der Waals surface area contributed by atoms with E-state index in [9.17, 15) is 0 Å². The van der Waals surface area contributed by atoms with Crippen LogP contribution >= 0.6 is 11.3 Å². The van der Waals surface area contributed by atoms with E-state index in [1.165, 1.54) is 11.3 Å². The molecule has 2 aromatic heterocycles. The van der Waals surface area contributed by atoms with Crippen LogP contribution in [-0.4, -0.2) is 15.0 Å². The first-order chi connectivity index (χ1) is 9.27. The Morgan fingerprint density at radius 3 is 2.26 bits per heavy atom. The Balaban J connectivity index is 2.32. The van der Waals surface area contributed by atoms with Gasteiger partial charge in [0.25, 0.3) is 0 Å². The first-order valence-corrected chi connectivity index (χ1v) is 6.49. The highest BCUT2D eigenvalue weighted by molar-refractivity contribution is 7.13. The molecule has 0 atom stereocenters. The maximum atomic E-state index is 6.09. The molecule has 0 amide bonds. The minimum absolute atomic E-state index is 0.565. The predicted molar refractivity (Wildman–Crippen MR) is 77.4 cm³/mol. The zero-order valence-electron chi connectivity index (χ0n) is 9.95. The van der Waals surface area contributed by atoms with E-state index in [1.807, 2.05) is 0 Å². The molecular formula is C13H11N5S. The van der Waals surface area contributed by atoms with Crippen molar-refractivity contribution >= 4 is 22.7 Å². The molecule has 0 aliphatic rings. The smallest absolute Gasteiger partial charge is 0.161 e. The van der Waals surface area contributed by atoms with Gasteiger partial charge in [-0.1, -0.05) is 0 Å². The molecule has 3 aromatic rings. The number of nitrogens with zero attached hydrogens (tertiary/aromatic N) is 3. The zero-order valence-corrected chi connectivity index (χ0v) is 10.8. The molecule has 94 valence electrons. The summed E-state index contributed by atoms with van der Waals surface area (Å²) in [5.74, 6) is 0.565. The van der Waals surface area contributed by atoms with Gasteiger partial charge in [-0.3, -0.25) is 4.98 Å². The Bertz CT molecular complexity index is 695. The molecule has 3 rings (SSSR count). The molecule has 0 saturated carbocycles. The maximum Gasteiger partial charge on any atom is 0.161 e. The first kappa shape index (κ1) is 11.6. The standard InChI is InChI=1S/C13H11N5S/c14-8-2-3-9(15)12(13-17-4-1-5-18-13)11(8)10-6-16-7-19-10/h1-7H,14-15H2. The summed E-state index contributed by atoms with van der Waals surface area (Å²) in [6.07, 6.45) is 5.13. The lowest BCUT2D eigenvalue weighted by atomic mass is 10.0. The van der Waals surface area contributed by atoms with Gasteiger partial charge in [-0.25, -0.2) is 9.97 Å². The molecule has 6 heteroatoms. The Labute approximate surface area is 114 Å². The van der Waals surface area contributed by atoms with Crippen LogP contribution in [0.1, 0.15) is 0 Å². The van der Waals surface area contributed by atoms with Crippen LogP contribution in [-0.2, 0) is 0 Å². The summed E-state index contributed by atoms with van der Waals surface area (Å²) < 4.78 is 0. The third-order valence-corrected chi connectivity index (χ3v) is 3.53. The van der Waals surface area contributed by atoms with Crippen LogP contribution in [0.5, 0.6) is 0 Å². The number of benzene rings is 1. The fourth-order valence-corrected chi connectivity index (χ4v) is 2.60. The summed E-state index contributed by atoms with van der Waals surface area (Å²) in [4.78, 5) is 13.6. The average Bonchev–Trinajstić information content (AvgIpc) is 2.96. The van der Waals surface area contributed by atoms with E-state index in [0.29, 0.717) is 17.2 Å². The monoisotopic (exact) mass is 269 g/mol. The lowest BCUT2D eigenvalue weighted by molar-refractivity contribution is 1.18. The van der Waals surface area contributed by atoms with E-state index in [4.69, 9.17) is 11.5 Å². The summed E-state index contributed by atoms with van der Waals surface area (Å²) in [5.41, 5.74) is 16.8. The average molecular weight is 269 g/mol. The normalized spacial score (nSPS) is 10.5. The van der Waals surface area contributed by atoms with Crippen molar-refractivity contribution in [2.45, 2.75) is 0 Å². The molecule has 0 bridgehead atoms. The summed E-state index contributed by atoms with van der Waals surface area (Å²) in [7, 11) is 0. The van der Waals surface area contributed by atoms with Crippen molar-refractivity contribution in [2.24, 2.45) is 0 Å². The van der Waals surface area contributed by atoms with Crippen LogP contribution in [0.25, 0.3) is 21.8 Å². The van der Waals surface area contributed by atoms with E-state index >= 15 is 0 Å². The maximum absolute atomic E-state index is 6.09. The number of aromatic nitrogens is 3. The van der Waals surface area contributed by atoms with Crippen molar-refractivity contribution in [1.82, 2.24) is 15.0 Å². The van der Waals surface area contributed by atoms with Crippen molar-refractivity contribution in [3.63, 3.8) is 0 Å². The number of hydrogen-bond donors (Lipinski definition) is 2. The van der Waals surface area contributed by atoms with Gasteiger partial charge in [-0.05, 0) is 18.2 Å². The van der Waals surface area contributed by atoms with E-state index in [1.54, 1.807) is 42.3 Å². The van der Waals surface area contributed by atoms with E-state index in [2.05, 4.69) is 15.0 Å². The van der Waals surface area contributed by atoms with Gasteiger partial charge in [0.1, 0.15) is 0 Å². The number of nitrogens with two attached hydrogens (primary N) is 2. The van der Waals surface area contributed by atoms with Gasteiger partial charge < -0.3 is 11.5 Å². The number of rotatable bonds is 2. The molecule has 0 saturated heterocycles. The van der Waals surface area contributed by atoms with Crippen molar-refractivity contribution in [3.8, 4) is 21.8 Å². The Hall–Kier alpha value is -2.47. The highest BCUT2D eigenvalue weighted by Crippen LogP contribution is 2.40. The van der Waals surface area contributed by atoms with Crippen molar-refractivity contribution in [1.29, 1.82) is 0 Å². The van der Waals surface area contributed by atoms with Crippen molar-refractivity contribution in [3.05, 3.63) is 42.3 Å². The second-order valence-corrected chi connectivity index (χ2v) is 4.82. The fraction of sp³-hybridized carbons (Fsp3) is 0. The van der Waals surface area contributed by atoms with Crippen LogP contribution in [0.15, 0.2) is 42.3 Å². The van der Waals surface area contributed by atoms with Crippen LogP contribution in [0.4, 0.5) is 11.4 Å². The summed E-state index contributed by atoms with van der Waals surface area (Å²) in [5, 5.41) is 0. The second-order valence-electron chi connectivity index (χ2n) is 3.93. The molecule has 19 heavy (non-hydrogen) atoms. The molecule has 0 fully saturated rings. The molecule has 0 unspecified atom stereocenters. The molecule has 0 aliphatic heterocycles. The molecule has 5 nitrogen and oxygen atoms in total. The Morgan fingerprint density at radius 2 is 1.63 bits per heavy atom.